The van der Waals surface area contributed by atoms with Gasteiger partial charge in [-0.15, -0.1) is 0 Å². The number of benzene rings is 1. The summed E-state index contributed by atoms with van der Waals surface area (Å²) in [6, 6.07) is 7.91. The molecule has 0 radical (unpaired) electrons. The van der Waals surface area contributed by atoms with Crippen molar-refractivity contribution in [3.8, 4) is 0 Å². The largest absolute Gasteiger partial charge is 0.352 e. The van der Waals surface area contributed by atoms with Crippen LogP contribution < -0.4 is 11.1 Å². The summed E-state index contributed by atoms with van der Waals surface area (Å²) in [5, 5.41) is 11.2. The Kier molecular flexibility index (Phi) is 5.91. The molecule has 0 aliphatic carbocycles. The van der Waals surface area contributed by atoms with Crippen molar-refractivity contribution in [2.75, 3.05) is 13.1 Å². The number of amides is 1. The summed E-state index contributed by atoms with van der Waals surface area (Å²) in [5.41, 5.74) is 8.03. The Labute approximate surface area is 130 Å². The summed E-state index contributed by atoms with van der Waals surface area (Å²) in [7, 11) is 0. The van der Waals surface area contributed by atoms with Crippen LogP contribution in [0.3, 0.4) is 0 Å². The van der Waals surface area contributed by atoms with Crippen molar-refractivity contribution in [1.82, 2.24) is 15.5 Å². The monoisotopic (exact) mass is 298 g/mol. The van der Waals surface area contributed by atoms with Gasteiger partial charge >= 0.3 is 0 Å². The Balaban J connectivity index is 2.06. The van der Waals surface area contributed by atoms with Crippen LogP contribution in [-0.4, -0.2) is 29.2 Å². The Morgan fingerprint density at radius 2 is 2.23 bits per heavy atom. The molecule has 1 heterocycles. The zero-order valence-corrected chi connectivity index (χ0v) is 12.8. The van der Waals surface area contributed by atoms with Crippen molar-refractivity contribution in [3.63, 3.8) is 0 Å². The predicted molar refractivity (Wildman–Crippen MR) is 90.2 cm³/mol. The Bertz CT molecular complexity index is 685. The molecule has 0 fully saturated rings. The average molecular weight is 298 g/mol. The quantitative estimate of drug-likeness (QED) is 0.417. The van der Waals surface area contributed by atoms with Crippen LogP contribution in [0.5, 0.6) is 0 Å². The van der Waals surface area contributed by atoms with Crippen molar-refractivity contribution >= 4 is 22.9 Å². The second-order valence-electron chi connectivity index (χ2n) is 4.96. The molecule has 0 saturated heterocycles. The van der Waals surface area contributed by atoms with Crippen LogP contribution in [0.4, 0.5) is 0 Å². The van der Waals surface area contributed by atoms with Gasteiger partial charge in [0.15, 0.2) is 0 Å². The van der Waals surface area contributed by atoms with E-state index in [0.717, 1.165) is 28.6 Å². The molecule has 1 amide bonds. The lowest BCUT2D eigenvalue weighted by atomic mass is 10.1. The van der Waals surface area contributed by atoms with E-state index >= 15 is 0 Å². The molecule has 0 spiro atoms. The molecule has 22 heavy (non-hydrogen) atoms. The van der Waals surface area contributed by atoms with Crippen LogP contribution >= 0.6 is 0 Å². The Morgan fingerprint density at radius 1 is 1.41 bits per heavy atom. The minimum Gasteiger partial charge on any atom is -0.352 e. The first-order valence-corrected chi connectivity index (χ1v) is 7.55. The van der Waals surface area contributed by atoms with Gasteiger partial charge in [0, 0.05) is 17.5 Å². The van der Waals surface area contributed by atoms with E-state index in [9.17, 15) is 4.79 Å². The molecular formula is C17H22N4O. The number of nitrogens with two attached hydrogens (primary N) is 1. The van der Waals surface area contributed by atoms with Gasteiger partial charge in [-0.3, -0.25) is 9.89 Å². The van der Waals surface area contributed by atoms with E-state index in [1.165, 1.54) is 0 Å². The minimum atomic E-state index is -0.0323. The van der Waals surface area contributed by atoms with Crippen LogP contribution in [0.2, 0.25) is 0 Å². The van der Waals surface area contributed by atoms with Gasteiger partial charge in [-0.1, -0.05) is 37.3 Å². The number of para-hydroxylation sites is 1. The van der Waals surface area contributed by atoms with Crippen LogP contribution in [0.1, 0.15) is 25.5 Å². The summed E-state index contributed by atoms with van der Waals surface area (Å²) < 4.78 is 0. The highest BCUT2D eigenvalue weighted by Crippen LogP contribution is 2.16. The topological polar surface area (TPSA) is 83.8 Å². The molecule has 4 N–H and O–H groups in total. The number of carbonyl (C=O) groups is 1. The minimum absolute atomic E-state index is 0.0323. The van der Waals surface area contributed by atoms with Crippen LogP contribution in [0.15, 0.2) is 42.0 Å². The van der Waals surface area contributed by atoms with E-state index in [4.69, 9.17) is 5.73 Å². The predicted octanol–water partition coefficient (Wildman–Crippen LogP) is 2.38. The number of hydrogen-bond acceptors (Lipinski definition) is 3. The first-order chi connectivity index (χ1) is 10.8. The van der Waals surface area contributed by atoms with Crippen molar-refractivity contribution in [2.45, 2.75) is 19.8 Å². The number of carbonyl (C=O) groups excluding carboxylic acids is 1. The van der Waals surface area contributed by atoms with E-state index in [-0.39, 0.29) is 5.91 Å². The second-order valence-corrected chi connectivity index (χ2v) is 4.96. The lowest BCUT2D eigenvalue weighted by Gasteiger charge is -2.05. The van der Waals surface area contributed by atoms with E-state index in [0.29, 0.717) is 19.5 Å². The van der Waals surface area contributed by atoms with Gasteiger partial charge in [0.2, 0.25) is 5.91 Å². The second kappa shape index (κ2) is 8.14. The molecular weight excluding hydrogens is 276 g/mol. The number of nitrogens with zero attached hydrogens (tertiary/aromatic N) is 1. The Morgan fingerprint density at radius 3 is 3.00 bits per heavy atom. The van der Waals surface area contributed by atoms with Gasteiger partial charge in [-0.05, 0) is 31.5 Å². The molecule has 0 saturated carbocycles. The number of rotatable bonds is 7. The Hall–Kier alpha value is -2.40. The van der Waals surface area contributed by atoms with E-state index < -0.39 is 0 Å². The third-order valence-electron chi connectivity index (χ3n) is 3.39. The standard InChI is InChI=1S/C17H22N4O/c1-2-13(17(22)19-12-6-11-18)7-5-10-16-14-8-3-4-9-15(14)20-21-16/h3-5,7-10H,2,6,11-12,18H2,1H3,(H,19,22)(H,20,21)/b10-5+,13-7+. The molecule has 5 heteroatoms. The third-order valence-corrected chi connectivity index (χ3v) is 3.39. The lowest BCUT2D eigenvalue weighted by molar-refractivity contribution is -0.117. The summed E-state index contributed by atoms with van der Waals surface area (Å²) in [6.07, 6.45) is 7.12. The molecule has 5 nitrogen and oxygen atoms in total. The fourth-order valence-corrected chi connectivity index (χ4v) is 2.14. The molecule has 116 valence electrons. The van der Waals surface area contributed by atoms with Gasteiger partial charge in [0.25, 0.3) is 0 Å². The number of nitrogens with one attached hydrogen (secondary N) is 2. The molecule has 0 bridgehead atoms. The molecule has 2 rings (SSSR count). The number of fused-ring (bicyclic) bond motifs is 1. The number of aromatic amines is 1. The van der Waals surface area contributed by atoms with Gasteiger partial charge < -0.3 is 11.1 Å². The zero-order valence-electron chi connectivity index (χ0n) is 12.8. The van der Waals surface area contributed by atoms with Gasteiger partial charge in [0.05, 0.1) is 11.2 Å². The van der Waals surface area contributed by atoms with Gasteiger partial charge in [-0.2, -0.15) is 5.10 Å². The fourth-order valence-electron chi connectivity index (χ4n) is 2.14. The highest BCUT2D eigenvalue weighted by Gasteiger charge is 2.05. The highest BCUT2D eigenvalue weighted by molar-refractivity contribution is 5.94. The van der Waals surface area contributed by atoms with E-state index in [1.807, 2.05) is 49.4 Å². The van der Waals surface area contributed by atoms with Crippen molar-refractivity contribution < 1.29 is 4.79 Å². The number of H-pyrrole nitrogens is 1. The molecule has 0 atom stereocenters. The molecule has 2 aromatic rings. The van der Waals surface area contributed by atoms with E-state index in [2.05, 4.69) is 15.5 Å². The van der Waals surface area contributed by atoms with Crippen molar-refractivity contribution in [3.05, 3.63) is 47.7 Å². The molecule has 1 aromatic carbocycles. The van der Waals surface area contributed by atoms with Crippen molar-refractivity contribution in [2.24, 2.45) is 5.73 Å². The average Bonchev–Trinajstić information content (AvgIpc) is 2.95. The van der Waals surface area contributed by atoms with Crippen LogP contribution in [0, 0.1) is 0 Å². The summed E-state index contributed by atoms with van der Waals surface area (Å²) in [4.78, 5) is 12.0. The maximum Gasteiger partial charge on any atom is 0.247 e. The SMILES string of the molecule is CC/C(=C\C=C\c1[nH]nc2ccccc12)C(=O)NCCCN. The summed E-state index contributed by atoms with van der Waals surface area (Å²) >= 11 is 0. The molecule has 0 aliphatic rings. The lowest BCUT2D eigenvalue weighted by Crippen LogP contribution is -2.27. The van der Waals surface area contributed by atoms with Crippen molar-refractivity contribution in [1.29, 1.82) is 0 Å². The fraction of sp³-hybridized carbons (Fsp3) is 0.294. The first kappa shape index (κ1) is 16.0. The normalized spacial score (nSPS) is 12.2. The molecule has 0 unspecified atom stereocenters. The summed E-state index contributed by atoms with van der Waals surface area (Å²) in [5.74, 6) is -0.0323. The zero-order chi connectivity index (χ0) is 15.8. The summed E-state index contributed by atoms with van der Waals surface area (Å²) in [6.45, 7) is 3.16. The van der Waals surface area contributed by atoms with Gasteiger partial charge in [-0.25, -0.2) is 0 Å². The third kappa shape index (κ3) is 4.05. The maximum atomic E-state index is 12.0. The first-order valence-electron chi connectivity index (χ1n) is 7.55. The highest BCUT2D eigenvalue weighted by atomic mass is 16.1. The number of allylic oxidation sites excluding steroid dienone is 2. The van der Waals surface area contributed by atoms with Crippen LogP contribution in [0.25, 0.3) is 17.0 Å². The van der Waals surface area contributed by atoms with Gasteiger partial charge in [0.1, 0.15) is 0 Å². The number of hydrogen-bond donors (Lipinski definition) is 3. The number of aromatic nitrogens is 2. The molecule has 0 aliphatic heterocycles. The van der Waals surface area contributed by atoms with Crippen LogP contribution in [-0.2, 0) is 4.79 Å². The maximum absolute atomic E-state index is 12.0. The molecule has 1 aromatic heterocycles. The smallest absolute Gasteiger partial charge is 0.247 e. The van der Waals surface area contributed by atoms with E-state index in [1.54, 1.807) is 0 Å².